The minimum absolute atomic E-state index is 0. The van der Waals surface area contributed by atoms with Gasteiger partial charge in [-0.1, -0.05) is 19.0 Å². The number of benzene rings is 1. The van der Waals surface area contributed by atoms with Gasteiger partial charge in [0.05, 0.1) is 6.04 Å². The van der Waals surface area contributed by atoms with E-state index in [2.05, 4.69) is 53.4 Å². The van der Waals surface area contributed by atoms with E-state index in [1.54, 1.807) is 0 Å². The number of rotatable bonds is 4. The van der Waals surface area contributed by atoms with E-state index in [1.165, 1.54) is 4.90 Å². The van der Waals surface area contributed by atoms with Crippen molar-refractivity contribution in [3.05, 3.63) is 30.1 Å². The summed E-state index contributed by atoms with van der Waals surface area (Å²) >= 11 is 1.85. The molecule has 2 heterocycles. The van der Waals surface area contributed by atoms with E-state index < -0.39 is 0 Å². The van der Waals surface area contributed by atoms with E-state index in [0.717, 1.165) is 31.0 Å². The minimum Gasteiger partial charge on any atom is -0.334 e. The highest BCUT2D eigenvalue weighted by Crippen LogP contribution is 2.27. The predicted octanol–water partition coefficient (Wildman–Crippen LogP) is 3.24. The largest absolute Gasteiger partial charge is 0.334 e. The summed E-state index contributed by atoms with van der Waals surface area (Å²) in [6, 6.07) is 8.49. The molecule has 1 unspecified atom stereocenters. The van der Waals surface area contributed by atoms with Crippen LogP contribution in [0.5, 0.6) is 0 Å². The van der Waals surface area contributed by atoms with Crippen LogP contribution in [-0.2, 0) is 0 Å². The Morgan fingerprint density at radius 3 is 2.70 bits per heavy atom. The Bertz CT molecular complexity index is 617. The first kappa shape index (κ1) is 18.3. The molecular formula is C16H23ClN4OS. The lowest BCUT2D eigenvalue weighted by Gasteiger charge is -2.30. The summed E-state index contributed by atoms with van der Waals surface area (Å²) in [7, 11) is 2.10. The van der Waals surface area contributed by atoms with Crippen LogP contribution in [0.4, 0.5) is 0 Å². The second-order valence-corrected chi connectivity index (χ2v) is 7.50. The van der Waals surface area contributed by atoms with Gasteiger partial charge in [-0.2, -0.15) is 4.98 Å². The maximum Gasteiger partial charge on any atom is 0.257 e. The van der Waals surface area contributed by atoms with Crippen LogP contribution in [-0.4, -0.2) is 47.0 Å². The van der Waals surface area contributed by atoms with Crippen molar-refractivity contribution < 1.29 is 4.52 Å². The average Bonchev–Trinajstić information content (AvgIpc) is 2.97. The number of nitrogens with one attached hydrogen (secondary N) is 1. The van der Waals surface area contributed by atoms with Gasteiger partial charge in [-0.05, 0) is 31.3 Å². The van der Waals surface area contributed by atoms with Gasteiger partial charge < -0.3 is 9.84 Å². The summed E-state index contributed by atoms with van der Waals surface area (Å²) < 4.78 is 5.45. The zero-order valence-electron chi connectivity index (χ0n) is 13.7. The second-order valence-electron chi connectivity index (χ2n) is 5.85. The molecule has 0 radical (unpaired) electrons. The van der Waals surface area contributed by atoms with Crippen molar-refractivity contribution in [1.29, 1.82) is 0 Å². The van der Waals surface area contributed by atoms with Gasteiger partial charge in [0.1, 0.15) is 0 Å². The molecule has 1 N–H and O–H groups in total. The van der Waals surface area contributed by atoms with E-state index in [4.69, 9.17) is 4.52 Å². The van der Waals surface area contributed by atoms with Crippen molar-refractivity contribution in [2.45, 2.75) is 30.0 Å². The highest BCUT2D eigenvalue weighted by atomic mass is 35.5. The number of piperazine rings is 1. The van der Waals surface area contributed by atoms with Crippen LogP contribution in [0.1, 0.15) is 25.7 Å². The standard InChI is InChI=1S/C16H22N4OS.ClH/c1-11(2)22-13-6-4-12(5-7-13)16-18-15(19-21-16)14-10-17-8-9-20(14)3;/h4-7,11,14,17H,8-10H2,1-3H3;1H. The molecule has 1 aromatic heterocycles. The van der Waals surface area contributed by atoms with E-state index >= 15 is 0 Å². The van der Waals surface area contributed by atoms with Gasteiger partial charge in [0.15, 0.2) is 5.82 Å². The van der Waals surface area contributed by atoms with Gasteiger partial charge in [0, 0.05) is 35.3 Å². The number of hydrogen-bond acceptors (Lipinski definition) is 6. The number of likely N-dealkylation sites (N-methyl/N-ethyl adjacent to an activating group) is 1. The molecule has 1 aliphatic rings. The Kier molecular flexibility index (Phi) is 6.47. The zero-order valence-corrected chi connectivity index (χ0v) is 15.3. The molecule has 1 atom stereocenters. The molecule has 2 aromatic rings. The Hall–Kier alpha value is -1.08. The van der Waals surface area contributed by atoms with Crippen molar-refractivity contribution in [2.75, 3.05) is 26.7 Å². The number of thioether (sulfide) groups is 1. The van der Waals surface area contributed by atoms with Gasteiger partial charge in [0.2, 0.25) is 0 Å². The second kappa shape index (κ2) is 8.15. The fourth-order valence-electron chi connectivity index (χ4n) is 2.53. The molecule has 23 heavy (non-hydrogen) atoms. The third-order valence-corrected chi connectivity index (χ3v) is 4.74. The molecule has 7 heteroatoms. The van der Waals surface area contributed by atoms with Crippen LogP contribution >= 0.6 is 24.2 Å². The smallest absolute Gasteiger partial charge is 0.257 e. The van der Waals surface area contributed by atoms with Crippen molar-refractivity contribution in [2.24, 2.45) is 0 Å². The minimum atomic E-state index is 0. The highest BCUT2D eigenvalue weighted by molar-refractivity contribution is 7.99. The van der Waals surface area contributed by atoms with Crippen molar-refractivity contribution in [3.8, 4) is 11.5 Å². The summed E-state index contributed by atoms with van der Waals surface area (Å²) in [6.45, 7) is 7.25. The Balaban J connectivity index is 0.00000192. The normalized spacial score (nSPS) is 18.9. The lowest BCUT2D eigenvalue weighted by atomic mass is 10.2. The first-order valence-corrected chi connectivity index (χ1v) is 8.53. The Morgan fingerprint density at radius 2 is 2.04 bits per heavy atom. The zero-order chi connectivity index (χ0) is 15.5. The fourth-order valence-corrected chi connectivity index (χ4v) is 3.37. The first-order chi connectivity index (χ1) is 10.6. The van der Waals surface area contributed by atoms with Crippen LogP contribution in [0.25, 0.3) is 11.5 Å². The Morgan fingerprint density at radius 1 is 1.30 bits per heavy atom. The molecular weight excluding hydrogens is 332 g/mol. The lowest BCUT2D eigenvalue weighted by Crippen LogP contribution is -2.44. The molecule has 0 spiro atoms. The van der Waals surface area contributed by atoms with Gasteiger partial charge in [0.25, 0.3) is 5.89 Å². The topological polar surface area (TPSA) is 54.2 Å². The molecule has 126 valence electrons. The molecule has 5 nitrogen and oxygen atoms in total. The van der Waals surface area contributed by atoms with Crippen LogP contribution in [0, 0.1) is 0 Å². The molecule has 0 bridgehead atoms. The summed E-state index contributed by atoms with van der Waals surface area (Å²) in [6.07, 6.45) is 0. The first-order valence-electron chi connectivity index (χ1n) is 7.65. The third-order valence-electron chi connectivity index (χ3n) is 3.72. The van der Waals surface area contributed by atoms with Crippen LogP contribution < -0.4 is 5.32 Å². The summed E-state index contributed by atoms with van der Waals surface area (Å²) in [4.78, 5) is 8.10. The average molecular weight is 355 g/mol. The fraction of sp³-hybridized carbons (Fsp3) is 0.500. The van der Waals surface area contributed by atoms with Gasteiger partial charge in [-0.15, -0.1) is 24.2 Å². The molecule has 1 aliphatic heterocycles. The van der Waals surface area contributed by atoms with Gasteiger partial charge >= 0.3 is 0 Å². The van der Waals surface area contributed by atoms with Crippen molar-refractivity contribution in [1.82, 2.24) is 20.4 Å². The molecule has 3 rings (SSSR count). The van der Waals surface area contributed by atoms with Crippen molar-refractivity contribution in [3.63, 3.8) is 0 Å². The van der Waals surface area contributed by atoms with Crippen LogP contribution in [0.3, 0.4) is 0 Å². The molecule has 0 aliphatic carbocycles. The van der Waals surface area contributed by atoms with Gasteiger partial charge in [-0.3, -0.25) is 4.90 Å². The van der Waals surface area contributed by atoms with Crippen molar-refractivity contribution >= 4 is 24.2 Å². The summed E-state index contributed by atoms with van der Waals surface area (Å²) in [5.74, 6) is 1.35. The van der Waals surface area contributed by atoms with E-state index in [1.807, 2.05) is 23.9 Å². The van der Waals surface area contributed by atoms with Crippen LogP contribution in [0.15, 0.2) is 33.7 Å². The molecule has 1 fully saturated rings. The quantitative estimate of drug-likeness (QED) is 0.851. The highest BCUT2D eigenvalue weighted by Gasteiger charge is 2.25. The molecule has 0 saturated carbocycles. The summed E-state index contributed by atoms with van der Waals surface area (Å²) in [5.41, 5.74) is 0.971. The molecule has 1 aromatic carbocycles. The van der Waals surface area contributed by atoms with E-state index in [0.29, 0.717) is 11.1 Å². The van der Waals surface area contributed by atoms with E-state index in [9.17, 15) is 0 Å². The number of aromatic nitrogens is 2. The maximum atomic E-state index is 5.45. The SMILES string of the molecule is CC(C)Sc1ccc(-c2nc(C3CNCCN3C)no2)cc1.Cl. The van der Waals surface area contributed by atoms with Gasteiger partial charge in [-0.25, -0.2) is 0 Å². The molecule has 1 saturated heterocycles. The number of hydrogen-bond donors (Lipinski definition) is 1. The summed E-state index contributed by atoms with van der Waals surface area (Å²) in [5, 5.41) is 8.12. The monoisotopic (exact) mass is 354 g/mol. The predicted molar refractivity (Wildman–Crippen MR) is 96.2 cm³/mol. The number of nitrogens with zero attached hydrogens (tertiary/aromatic N) is 3. The Labute approximate surface area is 147 Å². The number of halogens is 1. The van der Waals surface area contributed by atoms with Crippen LogP contribution in [0.2, 0.25) is 0 Å². The third kappa shape index (κ3) is 4.47. The lowest BCUT2D eigenvalue weighted by molar-refractivity contribution is 0.190. The van der Waals surface area contributed by atoms with E-state index in [-0.39, 0.29) is 18.4 Å². The molecule has 0 amide bonds. The maximum absolute atomic E-state index is 5.45.